The maximum Gasteiger partial charge on any atom is 0.231 e. The number of thioether (sulfide) groups is 1. The number of amides is 1. The van der Waals surface area contributed by atoms with Gasteiger partial charge in [0, 0.05) is 0 Å². The number of nitrogens with one attached hydrogen (secondary N) is 1. The molecule has 1 aromatic carbocycles. The van der Waals surface area contributed by atoms with Crippen LogP contribution in [-0.2, 0) is 4.79 Å². The van der Waals surface area contributed by atoms with Crippen LogP contribution in [0.2, 0.25) is 0 Å². The van der Waals surface area contributed by atoms with Crippen molar-refractivity contribution in [2.75, 3.05) is 12.9 Å². The predicted octanol–water partition coefficient (Wildman–Crippen LogP) is 1.57. The second-order valence-electron chi connectivity index (χ2n) is 6.00. The van der Waals surface area contributed by atoms with Gasteiger partial charge in [-0.3, -0.25) is 4.79 Å². The summed E-state index contributed by atoms with van der Waals surface area (Å²) in [7, 11) is 1.60. The van der Waals surface area contributed by atoms with E-state index in [1.165, 1.54) is 11.8 Å². The summed E-state index contributed by atoms with van der Waals surface area (Å²) in [6, 6.07) is 9.50. The summed E-state index contributed by atoms with van der Waals surface area (Å²) in [6.07, 6.45) is 1.96. The minimum atomic E-state index is -0.792. The van der Waals surface area contributed by atoms with Gasteiger partial charge in [0.05, 0.1) is 24.6 Å². The number of ether oxygens (including phenoxy) is 1. The van der Waals surface area contributed by atoms with Crippen molar-refractivity contribution in [3.8, 4) is 17.5 Å². The fraction of sp³-hybridized carbons (Fsp3) is 0.438. The molecular weight excluding hydrogens is 340 g/mol. The van der Waals surface area contributed by atoms with Crippen LogP contribution >= 0.6 is 11.8 Å². The molecule has 130 valence electrons. The van der Waals surface area contributed by atoms with Gasteiger partial charge in [-0.15, -0.1) is 5.10 Å². The summed E-state index contributed by atoms with van der Waals surface area (Å²) < 4.78 is 6.69. The molecular formula is C16H18N6O2S. The molecule has 1 fully saturated rings. The van der Waals surface area contributed by atoms with E-state index in [1.807, 2.05) is 24.3 Å². The summed E-state index contributed by atoms with van der Waals surface area (Å²) in [5.74, 6) is 0.920. The number of carbonyl (C=O) groups excluding carboxylic acids is 1. The van der Waals surface area contributed by atoms with Gasteiger partial charge in [-0.2, -0.15) is 9.94 Å². The molecule has 0 spiro atoms. The van der Waals surface area contributed by atoms with Gasteiger partial charge in [0.15, 0.2) is 0 Å². The number of methoxy groups -OCH3 is 1. The Morgan fingerprint density at radius 2 is 2.20 bits per heavy atom. The van der Waals surface area contributed by atoms with Gasteiger partial charge in [0.25, 0.3) is 0 Å². The highest BCUT2D eigenvalue weighted by Crippen LogP contribution is 2.39. The number of carbonyl (C=O) groups is 1. The molecule has 9 heteroatoms. The third kappa shape index (κ3) is 3.91. The first-order chi connectivity index (χ1) is 12.1. The van der Waals surface area contributed by atoms with Crippen molar-refractivity contribution in [3.05, 3.63) is 24.3 Å². The predicted molar refractivity (Wildman–Crippen MR) is 91.3 cm³/mol. The number of tetrazole rings is 1. The van der Waals surface area contributed by atoms with Gasteiger partial charge in [0.2, 0.25) is 11.1 Å². The summed E-state index contributed by atoms with van der Waals surface area (Å²) in [5, 5.41) is 24.2. The highest BCUT2D eigenvalue weighted by molar-refractivity contribution is 7.99. The largest absolute Gasteiger partial charge is 0.497 e. The molecule has 1 aliphatic rings. The number of nitriles is 1. The molecule has 0 aliphatic heterocycles. The first kappa shape index (κ1) is 17.2. The minimum absolute atomic E-state index is 0.139. The molecule has 1 aliphatic carbocycles. The maximum atomic E-state index is 12.2. The number of hydrogen-bond donors (Lipinski definition) is 1. The Morgan fingerprint density at radius 1 is 1.48 bits per heavy atom. The lowest BCUT2D eigenvalue weighted by Gasteiger charge is -2.22. The lowest BCUT2D eigenvalue weighted by Crippen LogP contribution is -2.47. The van der Waals surface area contributed by atoms with Gasteiger partial charge in [-0.1, -0.05) is 11.8 Å². The standard InChI is InChI=1S/C16H18N6O2S/c1-16(10-17,11-3-4-11)18-14(23)9-25-15-19-20-21-22(15)12-5-7-13(24-2)8-6-12/h5-8,11H,3-4,9H2,1-2H3,(H,18,23)/t16-/m0/s1. The Balaban J connectivity index is 1.63. The van der Waals surface area contributed by atoms with Gasteiger partial charge in [-0.05, 0) is 60.4 Å². The Hall–Kier alpha value is -2.60. The van der Waals surface area contributed by atoms with Crippen LogP contribution < -0.4 is 10.1 Å². The lowest BCUT2D eigenvalue weighted by molar-refractivity contribution is -0.119. The molecule has 25 heavy (non-hydrogen) atoms. The van der Waals surface area contributed by atoms with Gasteiger partial charge >= 0.3 is 0 Å². The Kier molecular flexibility index (Phi) is 4.90. The van der Waals surface area contributed by atoms with Crippen LogP contribution in [0.25, 0.3) is 5.69 Å². The zero-order valence-electron chi connectivity index (χ0n) is 14.0. The Morgan fingerprint density at radius 3 is 2.80 bits per heavy atom. The van der Waals surface area contributed by atoms with Crippen molar-refractivity contribution in [2.45, 2.75) is 30.5 Å². The molecule has 0 saturated heterocycles. The molecule has 0 radical (unpaired) electrons. The Labute approximate surface area is 149 Å². The average Bonchev–Trinajstić information content (AvgIpc) is 3.39. The van der Waals surface area contributed by atoms with Crippen molar-refractivity contribution in [1.29, 1.82) is 5.26 Å². The van der Waals surface area contributed by atoms with Crippen LogP contribution in [0.5, 0.6) is 5.75 Å². The second-order valence-corrected chi connectivity index (χ2v) is 6.94. The van der Waals surface area contributed by atoms with E-state index in [1.54, 1.807) is 18.7 Å². The molecule has 0 unspecified atom stereocenters. The summed E-state index contributed by atoms with van der Waals surface area (Å²) in [4.78, 5) is 12.2. The average molecular weight is 358 g/mol. The van der Waals surface area contributed by atoms with E-state index in [-0.39, 0.29) is 17.6 Å². The highest BCUT2D eigenvalue weighted by Gasteiger charge is 2.42. The van der Waals surface area contributed by atoms with E-state index in [0.29, 0.717) is 5.16 Å². The summed E-state index contributed by atoms with van der Waals surface area (Å²) in [6.45, 7) is 1.77. The molecule has 1 amide bonds. The third-order valence-corrected chi connectivity index (χ3v) is 5.03. The normalized spacial score (nSPS) is 15.9. The number of nitrogens with zero attached hydrogens (tertiary/aromatic N) is 5. The topological polar surface area (TPSA) is 106 Å². The third-order valence-electron chi connectivity index (χ3n) is 4.12. The van der Waals surface area contributed by atoms with Gasteiger partial charge in [-0.25, -0.2) is 0 Å². The van der Waals surface area contributed by atoms with E-state index in [9.17, 15) is 10.1 Å². The minimum Gasteiger partial charge on any atom is -0.497 e. The van der Waals surface area contributed by atoms with Crippen LogP contribution in [0.4, 0.5) is 0 Å². The van der Waals surface area contributed by atoms with Crippen LogP contribution in [0.1, 0.15) is 19.8 Å². The first-order valence-corrected chi connectivity index (χ1v) is 8.82. The van der Waals surface area contributed by atoms with Gasteiger partial charge in [0.1, 0.15) is 11.3 Å². The molecule has 1 N–H and O–H groups in total. The van der Waals surface area contributed by atoms with E-state index >= 15 is 0 Å². The molecule has 1 aromatic heterocycles. The Bertz CT molecular complexity index is 796. The van der Waals surface area contributed by atoms with Crippen LogP contribution in [0.15, 0.2) is 29.4 Å². The molecule has 3 rings (SSSR count). The number of hydrogen-bond acceptors (Lipinski definition) is 7. The molecule has 2 aromatic rings. The summed E-state index contributed by atoms with van der Waals surface area (Å²) in [5.41, 5.74) is -0.0203. The van der Waals surface area contributed by atoms with E-state index in [0.717, 1.165) is 24.3 Å². The monoisotopic (exact) mass is 358 g/mol. The SMILES string of the molecule is COc1ccc(-n2nnnc2SCC(=O)N[C@@](C)(C#N)C2CC2)cc1. The van der Waals surface area contributed by atoms with Crippen molar-refractivity contribution < 1.29 is 9.53 Å². The number of aromatic nitrogens is 4. The van der Waals surface area contributed by atoms with Crippen molar-refractivity contribution >= 4 is 17.7 Å². The fourth-order valence-corrected chi connectivity index (χ4v) is 3.18. The lowest BCUT2D eigenvalue weighted by atomic mass is 9.98. The fourth-order valence-electron chi connectivity index (χ4n) is 2.49. The molecule has 0 bridgehead atoms. The van der Waals surface area contributed by atoms with Gasteiger partial charge < -0.3 is 10.1 Å². The highest BCUT2D eigenvalue weighted by atomic mass is 32.2. The van der Waals surface area contributed by atoms with Crippen molar-refractivity contribution in [2.24, 2.45) is 5.92 Å². The molecule has 1 atom stereocenters. The number of benzene rings is 1. The van der Waals surface area contributed by atoms with Crippen molar-refractivity contribution in [1.82, 2.24) is 25.5 Å². The smallest absolute Gasteiger partial charge is 0.231 e. The summed E-state index contributed by atoms with van der Waals surface area (Å²) >= 11 is 1.22. The van der Waals surface area contributed by atoms with Crippen LogP contribution in [0.3, 0.4) is 0 Å². The van der Waals surface area contributed by atoms with E-state index < -0.39 is 5.54 Å². The zero-order valence-corrected chi connectivity index (χ0v) is 14.8. The molecule has 1 heterocycles. The van der Waals surface area contributed by atoms with Crippen LogP contribution in [-0.4, -0.2) is 44.5 Å². The van der Waals surface area contributed by atoms with E-state index in [4.69, 9.17) is 4.74 Å². The van der Waals surface area contributed by atoms with E-state index in [2.05, 4.69) is 26.9 Å². The van der Waals surface area contributed by atoms with Crippen LogP contribution in [0, 0.1) is 17.2 Å². The quantitative estimate of drug-likeness (QED) is 0.749. The second kappa shape index (κ2) is 7.11. The molecule has 8 nitrogen and oxygen atoms in total. The zero-order chi connectivity index (χ0) is 17.9. The maximum absolute atomic E-state index is 12.2. The molecule has 1 saturated carbocycles. The number of rotatable bonds is 7. The van der Waals surface area contributed by atoms with Crippen molar-refractivity contribution in [3.63, 3.8) is 0 Å². The first-order valence-electron chi connectivity index (χ1n) is 7.83.